The first-order valence-corrected chi connectivity index (χ1v) is 3.93. The SMILES string of the molecule is FC(F)Cn1cc(Cl)c(Br)n1. The van der Waals surface area contributed by atoms with Crippen molar-refractivity contribution >= 4 is 27.5 Å². The third-order valence-electron chi connectivity index (χ3n) is 1.00. The van der Waals surface area contributed by atoms with Crippen LogP contribution in [0.4, 0.5) is 8.78 Å². The molecule has 0 N–H and O–H groups in total. The van der Waals surface area contributed by atoms with Gasteiger partial charge in [-0.05, 0) is 15.9 Å². The van der Waals surface area contributed by atoms with Crippen molar-refractivity contribution in [2.45, 2.75) is 13.0 Å². The Balaban J connectivity index is 2.73. The van der Waals surface area contributed by atoms with E-state index >= 15 is 0 Å². The summed E-state index contributed by atoms with van der Waals surface area (Å²) in [7, 11) is 0. The summed E-state index contributed by atoms with van der Waals surface area (Å²) in [5.74, 6) is 0. The Hall–Kier alpha value is -0.160. The van der Waals surface area contributed by atoms with Gasteiger partial charge in [0.2, 0.25) is 0 Å². The summed E-state index contributed by atoms with van der Waals surface area (Å²) >= 11 is 8.53. The Morgan fingerprint density at radius 3 is 2.73 bits per heavy atom. The van der Waals surface area contributed by atoms with Crippen molar-refractivity contribution in [3.05, 3.63) is 15.8 Å². The number of halogens is 4. The first-order chi connectivity index (χ1) is 5.09. The van der Waals surface area contributed by atoms with E-state index in [1.54, 1.807) is 0 Å². The van der Waals surface area contributed by atoms with Gasteiger partial charge in [-0.15, -0.1) is 0 Å². The Bertz CT molecular complexity index is 231. The maximum Gasteiger partial charge on any atom is 0.257 e. The molecule has 1 aromatic rings. The molecule has 1 heterocycles. The highest BCUT2D eigenvalue weighted by molar-refractivity contribution is 9.10. The van der Waals surface area contributed by atoms with E-state index in [9.17, 15) is 8.78 Å². The van der Waals surface area contributed by atoms with Crippen molar-refractivity contribution in [2.75, 3.05) is 0 Å². The molecule has 0 saturated heterocycles. The van der Waals surface area contributed by atoms with Crippen LogP contribution in [0, 0.1) is 0 Å². The monoisotopic (exact) mass is 244 g/mol. The maximum atomic E-state index is 11.7. The number of rotatable bonds is 2. The van der Waals surface area contributed by atoms with Gasteiger partial charge in [0.25, 0.3) is 6.43 Å². The number of aromatic nitrogens is 2. The first-order valence-electron chi connectivity index (χ1n) is 2.76. The Labute approximate surface area is 75.3 Å². The minimum atomic E-state index is -2.40. The Morgan fingerprint density at radius 1 is 1.73 bits per heavy atom. The lowest BCUT2D eigenvalue weighted by molar-refractivity contribution is 0.121. The largest absolute Gasteiger partial charge is 0.264 e. The van der Waals surface area contributed by atoms with Crippen LogP contribution in [0.5, 0.6) is 0 Å². The highest BCUT2D eigenvalue weighted by atomic mass is 79.9. The molecular formula is C5H4BrClF2N2. The second-order valence-corrected chi connectivity index (χ2v) is 3.04. The minimum absolute atomic E-state index is 0.339. The van der Waals surface area contributed by atoms with Crippen molar-refractivity contribution in [3.63, 3.8) is 0 Å². The molecule has 0 fully saturated rings. The Morgan fingerprint density at radius 2 is 2.36 bits per heavy atom. The summed E-state index contributed by atoms with van der Waals surface area (Å²) < 4.78 is 25.0. The fourth-order valence-electron chi connectivity index (χ4n) is 0.608. The number of nitrogens with zero attached hydrogens (tertiary/aromatic N) is 2. The van der Waals surface area contributed by atoms with Gasteiger partial charge in [-0.3, -0.25) is 4.68 Å². The van der Waals surface area contributed by atoms with Crippen LogP contribution in [0.15, 0.2) is 10.8 Å². The number of alkyl halides is 2. The number of hydrogen-bond donors (Lipinski definition) is 0. The molecule has 0 aliphatic rings. The fraction of sp³-hybridized carbons (Fsp3) is 0.400. The van der Waals surface area contributed by atoms with Gasteiger partial charge in [-0.2, -0.15) is 5.10 Å². The lowest BCUT2D eigenvalue weighted by atomic mass is 10.7. The van der Waals surface area contributed by atoms with Crippen molar-refractivity contribution in [3.8, 4) is 0 Å². The predicted octanol–water partition coefficient (Wildman–Crippen LogP) is 2.56. The topological polar surface area (TPSA) is 17.8 Å². The fourth-order valence-corrected chi connectivity index (χ4v) is 1.06. The van der Waals surface area contributed by atoms with E-state index in [2.05, 4.69) is 21.0 Å². The van der Waals surface area contributed by atoms with E-state index < -0.39 is 13.0 Å². The van der Waals surface area contributed by atoms with Crippen LogP contribution in [0.2, 0.25) is 5.02 Å². The van der Waals surface area contributed by atoms with Gasteiger partial charge >= 0.3 is 0 Å². The molecule has 1 aromatic heterocycles. The molecule has 11 heavy (non-hydrogen) atoms. The van der Waals surface area contributed by atoms with Crippen molar-refractivity contribution < 1.29 is 8.78 Å². The Kier molecular flexibility index (Phi) is 2.84. The van der Waals surface area contributed by atoms with E-state index in [-0.39, 0.29) is 0 Å². The average Bonchev–Trinajstić information content (AvgIpc) is 2.10. The normalized spacial score (nSPS) is 11.0. The van der Waals surface area contributed by atoms with Crippen LogP contribution in [0.3, 0.4) is 0 Å². The van der Waals surface area contributed by atoms with Gasteiger partial charge in [-0.25, -0.2) is 8.78 Å². The van der Waals surface area contributed by atoms with Crippen LogP contribution >= 0.6 is 27.5 Å². The third-order valence-corrected chi connectivity index (χ3v) is 2.09. The number of hydrogen-bond acceptors (Lipinski definition) is 1. The van der Waals surface area contributed by atoms with E-state index in [1.165, 1.54) is 6.20 Å². The van der Waals surface area contributed by atoms with Crippen molar-refractivity contribution in [2.24, 2.45) is 0 Å². The zero-order chi connectivity index (χ0) is 8.43. The molecule has 0 unspecified atom stereocenters. The molecular weight excluding hydrogens is 241 g/mol. The first kappa shape index (κ1) is 8.93. The summed E-state index contributed by atoms with van der Waals surface area (Å²) in [6.45, 7) is -0.425. The molecule has 0 radical (unpaired) electrons. The summed E-state index contributed by atoms with van der Waals surface area (Å²) in [5.41, 5.74) is 0. The summed E-state index contributed by atoms with van der Waals surface area (Å²) in [6.07, 6.45) is -1.06. The molecule has 0 bridgehead atoms. The molecule has 1 rings (SSSR count). The van der Waals surface area contributed by atoms with E-state index in [4.69, 9.17) is 11.6 Å². The molecule has 0 atom stereocenters. The molecule has 0 amide bonds. The van der Waals surface area contributed by atoms with E-state index in [0.29, 0.717) is 9.63 Å². The lowest BCUT2D eigenvalue weighted by Crippen LogP contribution is -2.06. The predicted molar refractivity (Wildman–Crippen MR) is 40.9 cm³/mol. The molecule has 0 saturated carbocycles. The quantitative estimate of drug-likeness (QED) is 0.783. The van der Waals surface area contributed by atoms with Crippen molar-refractivity contribution in [1.29, 1.82) is 0 Å². The zero-order valence-corrected chi connectivity index (χ0v) is 7.61. The molecule has 2 nitrogen and oxygen atoms in total. The standard InChI is InChI=1S/C5H4BrClF2N2/c6-5-3(7)1-11(10-5)2-4(8)9/h1,4H,2H2. The minimum Gasteiger partial charge on any atom is -0.264 e. The zero-order valence-electron chi connectivity index (χ0n) is 5.27. The van der Waals surface area contributed by atoms with Gasteiger partial charge in [0.15, 0.2) is 0 Å². The van der Waals surface area contributed by atoms with Crippen LogP contribution in [0.25, 0.3) is 0 Å². The summed E-state index contributed by atoms with van der Waals surface area (Å²) in [6, 6.07) is 0. The second kappa shape index (κ2) is 3.49. The molecule has 0 spiro atoms. The van der Waals surface area contributed by atoms with Gasteiger partial charge in [0.1, 0.15) is 11.1 Å². The molecule has 0 aromatic carbocycles. The van der Waals surface area contributed by atoms with Gasteiger partial charge in [0, 0.05) is 6.20 Å². The summed E-state index contributed by atoms with van der Waals surface area (Å²) in [4.78, 5) is 0. The third kappa shape index (κ3) is 2.41. The smallest absolute Gasteiger partial charge is 0.257 e. The highest BCUT2D eigenvalue weighted by Crippen LogP contribution is 2.19. The van der Waals surface area contributed by atoms with Gasteiger partial charge < -0.3 is 0 Å². The van der Waals surface area contributed by atoms with E-state index in [1.807, 2.05) is 0 Å². The molecule has 0 aliphatic heterocycles. The average molecular weight is 245 g/mol. The van der Waals surface area contributed by atoms with E-state index in [0.717, 1.165) is 4.68 Å². The lowest BCUT2D eigenvalue weighted by Gasteiger charge is -1.96. The van der Waals surface area contributed by atoms with Crippen LogP contribution in [-0.2, 0) is 6.54 Å². The molecule has 0 aliphatic carbocycles. The van der Waals surface area contributed by atoms with Gasteiger partial charge in [0.05, 0.1) is 5.02 Å². The molecule has 6 heteroatoms. The van der Waals surface area contributed by atoms with Crippen molar-refractivity contribution in [1.82, 2.24) is 9.78 Å². The maximum absolute atomic E-state index is 11.7. The van der Waals surface area contributed by atoms with Crippen LogP contribution < -0.4 is 0 Å². The second-order valence-electron chi connectivity index (χ2n) is 1.88. The molecule has 62 valence electrons. The highest BCUT2D eigenvalue weighted by Gasteiger charge is 2.07. The van der Waals surface area contributed by atoms with Gasteiger partial charge in [-0.1, -0.05) is 11.6 Å². The van der Waals surface area contributed by atoms with Crippen LogP contribution in [0.1, 0.15) is 0 Å². The summed E-state index contributed by atoms with van der Waals surface area (Å²) in [5, 5.41) is 4.01. The van der Waals surface area contributed by atoms with Crippen LogP contribution in [-0.4, -0.2) is 16.2 Å².